The van der Waals surface area contributed by atoms with Gasteiger partial charge in [-0.2, -0.15) is 0 Å². The van der Waals surface area contributed by atoms with Gasteiger partial charge in [-0.05, 0) is 12.1 Å². The molecule has 0 aliphatic carbocycles. The van der Waals surface area contributed by atoms with Gasteiger partial charge in [-0.25, -0.2) is 0 Å². The molecule has 1 fully saturated rings. The fraction of sp³-hybridized carbons (Fsp3) is 0.435. The summed E-state index contributed by atoms with van der Waals surface area (Å²) in [5, 5.41) is 6.70. The molecule has 0 spiro atoms. The molecule has 0 aromatic heterocycles. The van der Waals surface area contributed by atoms with Crippen molar-refractivity contribution in [3.8, 4) is 11.5 Å². The summed E-state index contributed by atoms with van der Waals surface area (Å²) in [6.45, 7) is 6.39. The Balaban J connectivity index is 1.49. The van der Waals surface area contributed by atoms with Gasteiger partial charge in [-0.1, -0.05) is 36.4 Å². The van der Waals surface area contributed by atoms with E-state index in [1.807, 2.05) is 42.5 Å². The van der Waals surface area contributed by atoms with Crippen molar-refractivity contribution < 1.29 is 14.2 Å². The van der Waals surface area contributed by atoms with E-state index in [-0.39, 0.29) is 0 Å². The van der Waals surface area contributed by atoms with E-state index >= 15 is 0 Å². The SMILES string of the molecule is CN=C(NCc1ccccc1OC)NCc1ccccc1OCCN1CCOCC1. The third-order valence-corrected chi connectivity index (χ3v) is 5.05. The van der Waals surface area contributed by atoms with Crippen LogP contribution in [0.1, 0.15) is 11.1 Å². The average molecular weight is 413 g/mol. The second-order valence-electron chi connectivity index (χ2n) is 7.00. The number of benzene rings is 2. The van der Waals surface area contributed by atoms with Crippen molar-refractivity contribution in [2.45, 2.75) is 13.1 Å². The standard InChI is InChI=1S/C23H32N4O3/c1-24-23(25-17-19-7-3-5-9-21(19)28-2)26-18-20-8-4-6-10-22(20)30-16-13-27-11-14-29-15-12-27/h3-10H,11-18H2,1-2H3,(H2,24,25,26). The molecule has 3 rings (SSSR count). The maximum Gasteiger partial charge on any atom is 0.191 e. The monoisotopic (exact) mass is 412 g/mol. The third-order valence-electron chi connectivity index (χ3n) is 5.05. The predicted molar refractivity (Wildman–Crippen MR) is 119 cm³/mol. The molecule has 2 aromatic carbocycles. The van der Waals surface area contributed by atoms with Crippen LogP contribution < -0.4 is 20.1 Å². The number of hydrogen-bond acceptors (Lipinski definition) is 5. The Morgan fingerprint density at radius 2 is 1.57 bits per heavy atom. The molecular weight excluding hydrogens is 380 g/mol. The van der Waals surface area contributed by atoms with Gasteiger partial charge in [0.25, 0.3) is 0 Å². The van der Waals surface area contributed by atoms with Crippen molar-refractivity contribution in [3.05, 3.63) is 59.7 Å². The number of para-hydroxylation sites is 2. The third kappa shape index (κ3) is 6.64. The van der Waals surface area contributed by atoms with Crippen LogP contribution >= 0.6 is 0 Å². The van der Waals surface area contributed by atoms with Crippen LogP contribution in [0.5, 0.6) is 11.5 Å². The zero-order valence-electron chi connectivity index (χ0n) is 17.9. The van der Waals surface area contributed by atoms with Gasteiger partial charge in [0, 0.05) is 50.9 Å². The molecule has 7 heteroatoms. The highest BCUT2D eigenvalue weighted by molar-refractivity contribution is 5.79. The van der Waals surface area contributed by atoms with Crippen molar-refractivity contribution in [1.29, 1.82) is 0 Å². The smallest absolute Gasteiger partial charge is 0.191 e. The van der Waals surface area contributed by atoms with Crippen LogP contribution in [-0.4, -0.2) is 64.5 Å². The highest BCUT2D eigenvalue weighted by atomic mass is 16.5. The minimum absolute atomic E-state index is 0.624. The Labute approximate surface area is 179 Å². The number of nitrogens with zero attached hydrogens (tertiary/aromatic N) is 2. The van der Waals surface area contributed by atoms with Crippen LogP contribution in [-0.2, 0) is 17.8 Å². The van der Waals surface area contributed by atoms with Gasteiger partial charge in [0.2, 0.25) is 0 Å². The summed E-state index contributed by atoms with van der Waals surface area (Å²) in [6.07, 6.45) is 0. The van der Waals surface area contributed by atoms with E-state index in [9.17, 15) is 0 Å². The Morgan fingerprint density at radius 3 is 2.20 bits per heavy atom. The number of hydrogen-bond donors (Lipinski definition) is 2. The number of guanidine groups is 1. The summed E-state index contributed by atoms with van der Waals surface area (Å²) in [5.41, 5.74) is 2.18. The van der Waals surface area contributed by atoms with Gasteiger partial charge in [-0.3, -0.25) is 9.89 Å². The van der Waals surface area contributed by atoms with E-state index in [0.717, 1.165) is 61.4 Å². The summed E-state index contributed by atoms with van der Waals surface area (Å²) in [6, 6.07) is 16.1. The Kier molecular flexibility index (Phi) is 8.80. The first-order valence-electron chi connectivity index (χ1n) is 10.4. The lowest BCUT2D eigenvalue weighted by atomic mass is 10.2. The van der Waals surface area contributed by atoms with Gasteiger partial charge in [0.05, 0.1) is 20.3 Å². The van der Waals surface area contributed by atoms with Gasteiger partial charge >= 0.3 is 0 Å². The van der Waals surface area contributed by atoms with Crippen LogP contribution in [0.15, 0.2) is 53.5 Å². The van der Waals surface area contributed by atoms with Crippen LogP contribution in [0.2, 0.25) is 0 Å². The lowest BCUT2D eigenvalue weighted by Crippen LogP contribution is -2.38. The Hall–Kier alpha value is -2.77. The Morgan fingerprint density at radius 1 is 0.967 bits per heavy atom. The van der Waals surface area contributed by atoms with Crippen LogP contribution in [0.3, 0.4) is 0 Å². The molecule has 1 aliphatic heterocycles. The van der Waals surface area contributed by atoms with Gasteiger partial charge < -0.3 is 24.8 Å². The molecule has 0 saturated carbocycles. The second kappa shape index (κ2) is 12.0. The van der Waals surface area contributed by atoms with E-state index in [0.29, 0.717) is 19.7 Å². The van der Waals surface area contributed by atoms with Crippen molar-refractivity contribution in [2.75, 3.05) is 53.6 Å². The fourth-order valence-corrected chi connectivity index (χ4v) is 3.33. The molecule has 0 bridgehead atoms. The minimum Gasteiger partial charge on any atom is -0.496 e. The van der Waals surface area contributed by atoms with E-state index in [1.54, 1.807) is 14.2 Å². The molecule has 0 unspecified atom stereocenters. The molecule has 7 nitrogen and oxygen atoms in total. The van der Waals surface area contributed by atoms with E-state index < -0.39 is 0 Å². The number of ether oxygens (including phenoxy) is 3. The molecule has 1 aliphatic rings. The summed E-state index contributed by atoms with van der Waals surface area (Å²) in [4.78, 5) is 6.69. The molecule has 0 radical (unpaired) electrons. The molecule has 2 aromatic rings. The first kappa shape index (κ1) is 21.9. The summed E-state index contributed by atoms with van der Waals surface area (Å²) in [5.74, 6) is 2.49. The van der Waals surface area contributed by atoms with Crippen molar-refractivity contribution in [2.24, 2.45) is 4.99 Å². The molecule has 1 heterocycles. The number of aliphatic imine (C=N–C) groups is 1. The van der Waals surface area contributed by atoms with E-state index in [2.05, 4.69) is 26.6 Å². The molecule has 30 heavy (non-hydrogen) atoms. The summed E-state index contributed by atoms with van der Waals surface area (Å²) in [7, 11) is 3.45. The molecule has 0 atom stereocenters. The normalized spacial score (nSPS) is 14.9. The average Bonchev–Trinajstić information content (AvgIpc) is 2.81. The number of methoxy groups -OCH3 is 1. The van der Waals surface area contributed by atoms with E-state index in [4.69, 9.17) is 14.2 Å². The first-order valence-corrected chi connectivity index (χ1v) is 10.4. The van der Waals surface area contributed by atoms with Crippen LogP contribution in [0.4, 0.5) is 0 Å². The van der Waals surface area contributed by atoms with Gasteiger partial charge in [0.1, 0.15) is 18.1 Å². The zero-order chi connectivity index (χ0) is 21.0. The minimum atomic E-state index is 0.624. The highest BCUT2D eigenvalue weighted by Crippen LogP contribution is 2.18. The van der Waals surface area contributed by atoms with Crippen molar-refractivity contribution >= 4 is 5.96 Å². The van der Waals surface area contributed by atoms with E-state index in [1.165, 1.54) is 0 Å². The maximum absolute atomic E-state index is 6.07. The lowest BCUT2D eigenvalue weighted by Gasteiger charge is -2.26. The molecule has 162 valence electrons. The number of morpholine rings is 1. The fourth-order valence-electron chi connectivity index (χ4n) is 3.33. The molecule has 1 saturated heterocycles. The van der Waals surface area contributed by atoms with Crippen molar-refractivity contribution in [1.82, 2.24) is 15.5 Å². The van der Waals surface area contributed by atoms with Gasteiger partial charge in [0.15, 0.2) is 5.96 Å². The predicted octanol–water partition coefficient (Wildman–Crippen LogP) is 2.27. The Bertz CT molecular complexity index is 807. The summed E-state index contributed by atoms with van der Waals surface area (Å²) < 4.78 is 16.9. The van der Waals surface area contributed by atoms with Crippen molar-refractivity contribution in [3.63, 3.8) is 0 Å². The second-order valence-corrected chi connectivity index (χ2v) is 7.00. The van der Waals surface area contributed by atoms with Crippen LogP contribution in [0.25, 0.3) is 0 Å². The quantitative estimate of drug-likeness (QED) is 0.487. The van der Waals surface area contributed by atoms with Crippen LogP contribution in [0, 0.1) is 0 Å². The zero-order valence-corrected chi connectivity index (χ0v) is 17.9. The largest absolute Gasteiger partial charge is 0.496 e. The topological polar surface area (TPSA) is 67.4 Å². The maximum atomic E-state index is 6.07. The molecule has 2 N–H and O–H groups in total. The molecular formula is C23H32N4O3. The van der Waals surface area contributed by atoms with Gasteiger partial charge in [-0.15, -0.1) is 0 Å². The lowest BCUT2D eigenvalue weighted by molar-refractivity contribution is 0.0322. The number of nitrogens with one attached hydrogen (secondary N) is 2. The highest BCUT2D eigenvalue weighted by Gasteiger charge is 2.11. The first-order chi connectivity index (χ1) is 14.8. The summed E-state index contributed by atoms with van der Waals surface area (Å²) >= 11 is 0. The molecule has 0 amide bonds. The number of rotatable bonds is 9.